The molecule has 1 amide bonds. The van der Waals surface area contributed by atoms with Crippen molar-refractivity contribution in [2.45, 2.75) is 32.0 Å². The van der Waals surface area contributed by atoms with Crippen molar-refractivity contribution in [2.24, 2.45) is 0 Å². The van der Waals surface area contributed by atoms with Gasteiger partial charge in [-0.15, -0.1) is 0 Å². The summed E-state index contributed by atoms with van der Waals surface area (Å²) in [5.41, 5.74) is 1.61. The van der Waals surface area contributed by atoms with Crippen molar-refractivity contribution in [1.82, 2.24) is 25.1 Å². The Kier molecular flexibility index (Phi) is 4.76. The monoisotopic (exact) mass is 341 g/mol. The number of carbonyl (C=O) groups excluding carboxylic acids is 1. The predicted octanol–water partition coefficient (Wildman–Crippen LogP) is 1.28. The zero-order valence-electron chi connectivity index (χ0n) is 14.2. The molecule has 2 fully saturated rings. The maximum Gasteiger partial charge on any atom is 0.275 e. The molecule has 0 aromatic carbocycles. The zero-order chi connectivity index (χ0) is 17.1. The first-order chi connectivity index (χ1) is 12.3. The van der Waals surface area contributed by atoms with Gasteiger partial charge in [0.1, 0.15) is 6.26 Å². The van der Waals surface area contributed by atoms with E-state index in [-0.39, 0.29) is 5.91 Å². The van der Waals surface area contributed by atoms with Gasteiger partial charge in [0.15, 0.2) is 5.69 Å². The molecule has 0 radical (unpaired) electrons. The summed E-state index contributed by atoms with van der Waals surface area (Å²) in [6.45, 7) is 4.60. The van der Waals surface area contributed by atoms with Crippen molar-refractivity contribution in [3.63, 3.8) is 0 Å². The molecule has 1 aliphatic heterocycles. The smallest absolute Gasteiger partial charge is 0.275 e. The van der Waals surface area contributed by atoms with Gasteiger partial charge in [-0.25, -0.2) is 4.98 Å². The average Bonchev–Trinajstić information content (AvgIpc) is 3.37. The van der Waals surface area contributed by atoms with Crippen LogP contribution in [0.2, 0.25) is 0 Å². The minimum absolute atomic E-state index is 0.0394. The summed E-state index contributed by atoms with van der Waals surface area (Å²) in [5.74, 6) is 0.549. The zero-order valence-corrected chi connectivity index (χ0v) is 14.2. The molecule has 3 heterocycles. The second-order valence-corrected chi connectivity index (χ2v) is 6.71. The lowest BCUT2D eigenvalue weighted by Gasteiger charge is -2.34. The minimum atomic E-state index is -0.0394. The second kappa shape index (κ2) is 7.33. The van der Waals surface area contributed by atoms with Crippen LogP contribution in [0.5, 0.6) is 0 Å². The quantitative estimate of drug-likeness (QED) is 0.853. The van der Waals surface area contributed by atoms with Gasteiger partial charge in [0.2, 0.25) is 5.89 Å². The SMILES string of the molecule is O=C(c1coc(CNC2CC2)n1)N1CCN(Cc2cccnc2)CC1. The maximum absolute atomic E-state index is 12.6. The van der Waals surface area contributed by atoms with Crippen LogP contribution < -0.4 is 5.32 Å². The summed E-state index contributed by atoms with van der Waals surface area (Å²) >= 11 is 0. The van der Waals surface area contributed by atoms with Crippen LogP contribution in [0.1, 0.15) is 34.8 Å². The van der Waals surface area contributed by atoms with Crippen LogP contribution in [0, 0.1) is 0 Å². The van der Waals surface area contributed by atoms with E-state index in [0.29, 0.717) is 37.3 Å². The molecule has 1 N–H and O–H groups in total. The summed E-state index contributed by atoms with van der Waals surface area (Å²) in [6.07, 6.45) is 7.59. The number of rotatable bonds is 6. The number of pyridine rings is 1. The largest absolute Gasteiger partial charge is 0.447 e. The Morgan fingerprint density at radius 1 is 1.28 bits per heavy atom. The van der Waals surface area contributed by atoms with Crippen LogP contribution in [0.25, 0.3) is 0 Å². The molecule has 2 aromatic heterocycles. The fourth-order valence-corrected chi connectivity index (χ4v) is 3.03. The molecule has 0 unspecified atom stereocenters. The van der Waals surface area contributed by atoms with Gasteiger partial charge < -0.3 is 14.6 Å². The van der Waals surface area contributed by atoms with Crippen molar-refractivity contribution in [2.75, 3.05) is 26.2 Å². The third-order valence-electron chi connectivity index (χ3n) is 4.68. The van der Waals surface area contributed by atoms with E-state index in [9.17, 15) is 4.79 Å². The topological polar surface area (TPSA) is 74.5 Å². The van der Waals surface area contributed by atoms with Gasteiger partial charge >= 0.3 is 0 Å². The number of hydrogen-bond donors (Lipinski definition) is 1. The lowest BCUT2D eigenvalue weighted by atomic mass is 10.2. The highest BCUT2D eigenvalue weighted by molar-refractivity contribution is 5.92. The molecule has 2 aromatic rings. The van der Waals surface area contributed by atoms with Crippen LogP contribution in [0.15, 0.2) is 35.2 Å². The van der Waals surface area contributed by atoms with E-state index >= 15 is 0 Å². The first-order valence-corrected chi connectivity index (χ1v) is 8.86. The molecular formula is C18H23N5O2. The molecule has 25 heavy (non-hydrogen) atoms. The van der Waals surface area contributed by atoms with Crippen molar-refractivity contribution in [3.8, 4) is 0 Å². The molecule has 7 heteroatoms. The van der Waals surface area contributed by atoms with Gasteiger partial charge in [0.05, 0.1) is 6.54 Å². The Morgan fingerprint density at radius 2 is 2.12 bits per heavy atom. The van der Waals surface area contributed by atoms with E-state index in [1.165, 1.54) is 24.7 Å². The third-order valence-corrected chi connectivity index (χ3v) is 4.68. The second-order valence-electron chi connectivity index (χ2n) is 6.71. The molecular weight excluding hydrogens is 318 g/mol. The molecule has 1 saturated carbocycles. The molecule has 1 saturated heterocycles. The van der Waals surface area contributed by atoms with Crippen LogP contribution in [0.3, 0.4) is 0 Å². The molecule has 0 bridgehead atoms. The number of aromatic nitrogens is 2. The van der Waals surface area contributed by atoms with Crippen molar-refractivity contribution in [3.05, 3.63) is 47.9 Å². The van der Waals surface area contributed by atoms with Crippen molar-refractivity contribution >= 4 is 5.91 Å². The third kappa shape index (κ3) is 4.24. The van der Waals surface area contributed by atoms with Gasteiger partial charge in [-0.2, -0.15) is 0 Å². The molecule has 1 aliphatic carbocycles. The van der Waals surface area contributed by atoms with Gasteiger partial charge in [-0.1, -0.05) is 6.07 Å². The Morgan fingerprint density at radius 3 is 2.84 bits per heavy atom. The molecule has 0 atom stereocenters. The molecule has 0 spiro atoms. The van der Waals surface area contributed by atoms with Gasteiger partial charge in [-0.3, -0.25) is 14.7 Å². The number of nitrogens with zero attached hydrogens (tertiary/aromatic N) is 4. The number of nitrogens with one attached hydrogen (secondary N) is 1. The number of carbonyl (C=O) groups is 1. The van der Waals surface area contributed by atoms with Crippen LogP contribution in [-0.2, 0) is 13.1 Å². The number of oxazole rings is 1. The van der Waals surface area contributed by atoms with Crippen LogP contribution in [0.4, 0.5) is 0 Å². The maximum atomic E-state index is 12.6. The molecule has 132 valence electrons. The van der Waals surface area contributed by atoms with Crippen molar-refractivity contribution < 1.29 is 9.21 Å². The molecule has 7 nitrogen and oxygen atoms in total. The number of hydrogen-bond acceptors (Lipinski definition) is 6. The first-order valence-electron chi connectivity index (χ1n) is 8.86. The van der Waals surface area contributed by atoms with Crippen molar-refractivity contribution in [1.29, 1.82) is 0 Å². The Hall–Kier alpha value is -2.25. The summed E-state index contributed by atoms with van der Waals surface area (Å²) in [4.78, 5) is 25.3. The highest BCUT2D eigenvalue weighted by atomic mass is 16.3. The summed E-state index contributed by atoms with van der Waals surface area (Å²) in [7, 11) is 0. The van der Waals surface area contributed by atoms with Gasteiger partial charge in [0, 0.05) is 51.2 Å². The molecule has 2 aliphatic rings. The van der Waals surface area contributed by atoms with Gasteiger partial charge in [-0.05, 0) is 24.5 Å². The Balaban J connectivity index is 1.27. The highest BCUT2D eigenvalue weighted by Gasteiger charge is 2.25. The van der Waals surface area contributed by atoms with E-state index in [2.05, 4.69) is 26.3 Å². The minimum Gasteiger partial charge on any atom is -0.447 e. The van der Waals surface area contributed by atoms with Crippen LogP contribution in [-0.4, -0.2) is 57.9 Å². The van der Waals surface area contributed by atoms with E-state index in [1.54, 1.807) is 6.20 Å². The summed E-state index contributed by atoms with van der Waals surface area (Å²) in [5, 5.41) is 3.34. The number of amides is 1. The average molecular weight is 341 g/mol. The Bertz CT molecular complexity index is 705. The standard InChI is InChI=1S/C18H23N5O2/c24-18(16-13-25-17(21-16)11-20-15-3-4-15)23-8-6-22(7-9-23)12-14-2-1-5-19-10-14/h1-2,5,10,13,15,20H,3-4,6-9,11-12H2. The lowest BCUT2D eigenvalue weighted by molar-refractivity contribution is 0.0622. The summed E-state index contributed by atoms with van der Waals surface area (Å²) < 4.78 is 5.42. The first kappa shape index (κ1) is 16.2. The fourth-order valence-electron chi connectivity index (χ4n) is 3.03. The van der Waals surface area contributed by atoms with E-state index in [0.717, 1.165) is 19.6 Å². The van der Waals surface area contributed by atoms with E-state index < -0.39 is 0 Å². The predicted molar refractivity (Wildman–Crippen MR) is 91.8 cm³/mol. The summed E-state index contributed by atoms with van der Waals surface area (Å²) in [6, 6.07) is 4.63. The van der Waals surface area contributed by atoms with Crippen LogP contribution >= 0.6 is 0 Å². The van der Waals surface area contributed by atoms with Gasteiger partial charge in [0.25, 0.3) is 5.91 Å². The number of piperazine rings is 1. The molecule has 4 rings (SSSR count). The fraction of sp³-hybridized carbons (Fsp3) is 0.500. The highest BCUT2D eigenvalue weighted by Crippen LogP contribution is 2.19. The normalized spacial score (nSPS) is 18.5. The van der Waals surface area contributed by atoms with E-state index in [1.807, 2.05) is 17.2 Å². The lowest BCUT2D eigenvalue weighted by Crippen LogP contribution is -2.48. The Labute approximate surface area is 147 Å². The van der Waals surface area contributed by atoms with E-state index in [4.69, 9.17) is 4.42 Å².